The van der Waals surface area contributed by atoms with Gasteiger partial charge in [0.05, 0.1) is 10.6 Å². The summed E-state index contributed by atoms with van der Waals surface area (Å²) < 4.78 is 13.5. The number of hydrogen-bond donors (Lipinski definition) is 0. The molecule has 0 fully saturated rings. The maximum absolute atomic E-state index is 13.5. The van der Waals surface area contributed by atoms with Crippen LogP contribution in [-0.4, -0.2) is 4.98 Å². The lowest BCUT2D eigenvalue weighted by atomic mass is 10.1. The molecule has 2 rings (SSSR count). The summed E-state index contributed by atoms with van der Waals surface area (Å²) >= 11 is 7.20. The number of nitrogens with zero attached hydrogens (tertiary/aromatic N) is 2. The Balaban J connectivity index is 2.52. The van der Waals surface area contributed by atoms with Crippen LogP contribution < -0.4 is 0 Å². The van der Waals surface area contributed by atoms with Gasteiger partial charge in [0.1, 0.15) is 16.9 Å². The van der Waals surface area contributed by atoms with E-state index in [0.717, 1.165) is 0 Å². The van der Waals surface area contributed by atoms with E-state index in [0.29, 0.717) is 10.6 Å². The molecule has 0 aliphatic carbocycles. The molecule has 0 amide bonds. The van der Waals surface area contributed by atoms with Crippen LogP contribution in [0.25, 0.3) is 11.6 Å². The van der Waals surface area contributed by atoms with E-state index < -0.39 is 5.82 Å². The standard InChI is InChI=1S/C12H6ClFN2S/c13-10-2-1-3-11(14)9(10)6-8(7-15)12-16-4-5-17-12/h1-6H/b8-6+. The van der Waals surface area contributed by atoms with E-state index in [4.69, 9.17) is 16.9 Å². The van der Waals surface area contributed by atoms with Crippen molar-refractivity contribution in [2.45, 2.75) is 0 Å². The molecule has 0 radical (unpaired) electrons. The molecule has 0 N–H and O–H groups in total. The van der Waals surface area contributed by atoms with Gasteiger partial charge >= 0.3 is 0 Å². The zero-order valence-corrected chi connectivity index (χ0v) is 10.1. The Kier molecular flexibility index (Phi) is 3.52. The van der Waals surface area contributed by atoms with Gasteiger partial charge in [-0.1, -0.05) is 17.7 Å². The largest absolute Gasteiger partial charge is 0.244 e. The van der Waals surface area contributed by atoms with E-state index in [1.165, 1.54) is 29.5 Å². The Morgan fingerprint density at radius 3 is 2.94 bits per heavy atom. The van der Waals surface area contributed by atoms with Gasteiger partial charge in [0.25, 0.3) is 0 Å². The average Bonchev–Trinajstić information content (AvgIpc) is 2.82. The molecular weight excluding hydrogens is 259 g/mol. The zero-order valence-electron chi connectivity index (χ0n) is 8.52. The summed E-state index contributed by atoms with van der Waals surface area (Å²) in [6, 6.07) is 6.39. The van der Waals surface area contributed by atoms with Crippen LogP contribution in [0.15, 0.2) is 29.8 Å². The van der Waals surface area contributed by atoms with E-state index >= 15 is 0 Å². The lowest BCUT2D eigenvalue weighted by Gasteiger charge is -2.00. The van der Waals surface area contributed by atoms with Crippen molar-refractivity contribution in [2.75, 3.05) is 0 Å². The first kappa shape index (κ1) is 11.8. The van der Waals surface area contributed by atoms with Gasteiger partial charge in [0.2, 0.25) is 0 Å². The molecule has 2 nitrogen and oxygen atoms in total. The SMILES string of the molecule is N#C/C(=C\c1c(F)cccc1Cl)c1nccs1. The molecule has 2 aromatic rings. The van der Waals surface area contributed by atoms with E-state index in [2.05, 4.69) is 4.98 Å². The molecule has 1 aromatic carbocycles. The van der Waals surface area contributed by atoms with Crippen LogP contribution >= 0.6 is 22.9 Å². The molecule has 1 aromatic heterocycles. The van der Waals surface area contributed by atoms with Crippen LogP contribution in [-0.2, 0) is 0 Å². The summed E-state index contributed by atoms with van der Waals surface area (Å²) in [5, 5.41) is 11.6. The highest BCUT2D eigenvalue weighted by molar-refractivity contribution is 7.10. The predicted octanol–water partition coefficient (Wildman–Crippen LogP) is 4.00. The van der Waals surface area contributed by atoms with Gasteiger partial charge < -0.3 is 0 Å². The van der Waals surface area contributed by atoms with E-state index in [-0.39, 0.29) is 10.6 Å². The number of nitriles is 1. The quantitative estimate of drug-likeness (QED) is 0.769. The van der Waals surface area contributed by atoms with Crippen LogP contribution in [0.2, 0.25) is 5.02 Å². The summed E-state index contributed by atoms with van der Waals surface area (Å²) in [6.07, 6.45) is 3.00. The van der Waals surface area contributed by atoms with Gasteiger partial charge in [-0.15, -0.1) is 11.3 Å². The first-order valence-electron chi connectivity index (χ1n) is 4.68. The number of aromatic nitrogens is 1. The van der Waals surface area contributed by atoms with Gasteiger partial charge in [0, 0.05) is 17.1 Å². The number of allylic oxidation sites excluding steroid dienone is 1. The maximum atomic E-state index is 13.5. The Bertz CT molecular complexity index is 579. The van der Waals surface area contributed by atoms with Crippen molar-refractivity contribution in [3.63, 3.8) is 0 Å². The van der Waals surface area contributed by atoms with Gasteiger partial charge in [-0.25, -0.2) is 9.37 Å². The van der Waals surface area contributed by atoms with Crippen LogP contribution in [0.4, 0.5) is 4.39 Å². The number of hydrogen-bond acceptors (Lipinski definition) is 3. The molecule has 0 bridgehead atoms. The minimum atomic E-state index is -0.457. The van der Waals surface area contributed by atoms with Gasteiger partial charge in [-0.2, -0.15) is 5.26 Å². The highest BCUT2D eigenvalue weighted by Gasteiger charge is 2.08. The third-order valence-corrected chi connectivity index (χ3v) is 3.21. The number of benzene rings is 1. The number of halogens is 2. The lowest BCUT2D eigenvalue weighted by molar-refractivity contribution is 0.625. The van der Waals surface area contributed by atoms with Crippen molar-refractivity contribution in [3.8, 4) is 6.07 Å². The first-order chi connectivity index (χ1) is 8.22. The van der Waals surface area contributed by atoms with Gasteiger partial charge in [0.15, 0.2) is 0 Å². The molecule has 0 aliphatic rings. The van der Waals surface area contributed by atoms with Crippen LogP contribution in [0.3, 0.4) is 0 Å². The van der Waals surface area contributed by atoms with Gasteiger partial charge in [-0.05, 0) is 18.2 Å². The smallest absolute Gasteiger partial charge is 0.133 e. The van der Waals surface area contributed by atoms with E-state index in [9.17, 15) is 4.39 Å². The number of thiazole rings is 1. The van der Waals surface area contributed by atoms with Crippen molar-refractivity contribution in [1.29, 1.82) is 5.26 Å². The van der Waals surface area contributed by atoms with E-state index in [1.807, 2.05) is 6.07 Å². The van der Waals surface area contributed by atoms with Crippen LogP contribution in [0.1, 0.15) is 10.6 Å². The second kappa shape index (κ2) is 5.09. The normalized spacial score (nSPS) is 11.2. The second-order valence-electron chi connectivity index (χ2n) is 3.14. The fourth-order valence-electron chi connectivity index (χ4n) is 1.29. The molecule has 0 unspecified atom stereocenters. The van der Waals surface area contributed by atoms with Crippen molar-refractivity contribution < 1.29 is 4.39 Å². The topological polar surface area (TPSA) is 36.7 Å². The van der Waals surface area contributed by atoms with Crippen LogP contribution in [0, 0.1) is 17.1 Å². The summed E-state index contributed by atoms with van der Waals surface area (Å²) in [5.41, 5.74) is 0.507. The summed E-state index contributed by atoms with van der Waals surface area (Å²) in [4.78, 5) is 4.01. The van der Waals surface area contributed by atoms with Crippen molar-refractivity contribution in [3.05, 3.63) is 51.2 Å². The summed E-state index contributed by atoms with van der Waals surface area (Å²) in [5.74, 6) is -0.457. The molecule has 84 valence electrons. The fraction of sp³-hybridized carbons (Fsp3) is 0. The monoisotopic (exact) mass is 264 g/mol. The molecular formula is C12H6ClFN2S. The van der Waals surface area contributed by atoms with E-state index in [1.54, 1.807) is 17.6 Å². The van der Waals surface area contributed by atoms with Gasteiger partial charge in [-0.3, -0.25) is 0 Å². The molecule has 5 heteroatoms. The fourth-order valence-corrected chi connectivity index (χ4v) is 2.11. The lowest BCUT2D eigenvalue weighted by Crippen LogP contribution is -1.86. The Morgan fingerprint density at radius 2 is 2.35 bits per heavy atom. The summed E-state index contributed by atoms with van der Waals surface area (Å²) in [7, 11) is 0. The molecule has 0 aliphatic heterocycles. The first-order valence-corrected chi connectivity index (χ1v) is 5.94. The Morgan fingerprint density at radius 1 is 1.53 bits per heavy atom. The van der Waals surface area contributed by atoms with Crippen LogP contribution in [0.5, 0.6) is 0 Å². The minimum Gasteiger partial charge on any atom is -0.244 e. The molecule has 0 spiro atoms. The molecule has 0 saturated heterocycles. The highest BCUT2D eigenvalue weighted by atomic mass is 35.5. The maximum Gasteiger partial charge on any atom is 0.133 e. The Labute approximate surface area is 107 Å². The van der Waals surface area contributed by atoms with Crippen molar-refractivity contribution in [1.82, 2.24) is 4.98 Å². The average molecular weight is 265 g/mol. The third kappa shape index (κ3) is 2.52. The highest BCUT2D eigenvalue weighted by Crippen LogP contribution is 2.25. The minimum absolute atomic E-state index is 0.209. The third-order valence-electron chi connectivity index (χ3n) is 2.07. The molecule has 0 saturated carbocycles. The van der Waals surface area contributed by atoms with Crippen molar-refractivity contribution >= 4 is 34.6 Å². The zero-order chi connectivity index (χ0) is 12.3. The summed E-state index contributed by atoms with van der Waals surface area (Å²) in [6.45, 7) is 0. The Hall–Kier alpha value is -1.70. The molecule has 1 heterocycles. The molecule has 0 atom stereocenters. The predicted molar refractivity (Wildman–Crippen MR) is 67.0 cm³/mol. The number of rotatable bonds is 2. The molecule has 17 heavy (non-hydrogen) atoms. The second-order valence-corrected chi connectivity index (χ2v) is 4.44. The van der Waals surface area contributed by atoms with Crippen molar-refractivity contribution in [2.24, 2.45) is 0 Å².